The third-order valence-corrected chi connectivity index (χ3v) is 3.63. The number of carbonyl (C=O) groups is 1. The highest BCUT2D eigenvalue weighted by Gasteiger charge is 2.30. The highest BCUT2D eigenvalue weighted by Crippen LogP contribution is 2.31. The van der Waals surface area contributed by atoms with Gasteiger partial charge in [0.25, 0.3) is 0 Å². The van der Waals surface area contributed by atoms with Crippen molar-refractivity contribution >= 4 is 46.2 Å². The highest BCUT2D eigenvalue weighted by molar-refractivity contribution is 6.39. The van der Waals surface area contributed by atoms with Gasteiger partial charge in [0.05, 0.1) is 27.8 Å². The minimum absolute atomic E-state index is 0.174. The summed E-state index contributed by atoms with van der Waals surface area (Å²) in [7, 11) is 0. The first-order valence-electron chi connectivity index (χ1n) is 6.62. The summed E-state index contributed by atoms with van der Waals surface area (Å²) in [6.07, 6.45) is -4.45. The largest absolute Gasteiger partial charge is 0.416 e. The molecule has 0 spiro atoms. The summed E-state index contributed by atoms with van der Waals surface area (Å²) in [5.41, 5.74) is 5.48. The smallest absolute Gasteiger partial charge is 0.396 e. The van der Waals surface area contributed by atoms with Crippen LogP contribution in [0.15, 0.2) is 36.4 Å². The van der Waals surface area contributed by atoms with E-state index in [0.29, 0.717) is 5.69 Å². The van der Waals surface area contributed by atoms with E-state index in [-0.39, 0.29) is 28.0 Å². The van der Waals surface area contributed by atoms with E-state index in [4.69, 9.17) is 28.9 Å². The van der Waals surface area contributed by atoms with Crippen molar-refractivity contribution < 1.29 is 18.0 Å². The van der Waals surface area contributed by atoms with E-state index in [1.807, 2.05) is 0 Å². The molecule has 0 fully saturated rings. The van der Waals surface area contributed by atoms with Gasteiger partial charge in [-0.15, -0.1) is 0 Å². The molecule has 2 aromatic carbocycles. The third kappa shape index (κ3) is 4.69. The van der Waals surface area contributed by atoms with Gasteiger partial charge in [0.2, 0.25) is 5.91 Å². The molecule has 0 aromatic heterocycles. The van der Waals surface area contributed by atoms with Gasteiger partial charge in [-0.1, -0.05) is 29.3 Å². The van der Waals surface area contributed by atoms with Crippen LogP contribution in [-0.2, 0) is 11.0 Å². The number of hydrogen-bond donors (Lipinski definition) is 3. The number of carbonyl (C=O) groups excluding carboxylic acids is 1. The minimum Gasteiger partial charge on any atom is -0.396 e. The minimum atomic E-state index is -4.45. The Morgan fingerprint density at radius 1 is 1.08 bits per heavy atom. The van der Waals surface area contributed by atoms with Crippen molar-refractivity contribution in [3.05, 3.63) is 52.0 Å². The molecule has 2 aromatic rings. The fraction of sp³-hybridized carbons (Fsp3) is 0.133. The Hall–Kier alpha value is -2.12. The van der Waals surface area contributed by atoms with Gasteiger partial charge in [-0.2, -0.15) is 13.2 Å². The van der Waals surface area contributed by atoms with Gasteiger partial charge in [0.15, 0.2) is 0 Å². The first-order valence-corrected chi connectivity index (χ1v) is 7.38. The Morgan fingerprint density at radius 3 is 2.29 bits per heavy atom. The van der Waals surface area contributed by atoms with Crippen LogP contribution in [0.2, 0.25) is 10.0 Å². The van der Waals surface area contributed by atoms with E-state index in [1.165, 1.54) is 24.3 Å². The van der Waals surface area contributed by atoms with Gasteiger partial charge in [0.1, 0.15) is 0 Å². The molecule has 1 amide bonds. The molecular formula is C15H12Cl2F3N3O. The Balaban J connectivity index is 1.99. The zero-order valence-electron chi connectivity index (χ0n) is 12.0. The fourth-order valence-electron chi connectivity index (χ4n) is 1.85. The molecule has 0 atom stereocenters. The predicted molar refractivity (Wildman–Crippen MR) is 89.4 cm³/mol. The Labute approximate surface area is 145 Å². The lowest BCUT2D eigenvalue weighted by atomic mass is 10.2. The molecule has 0 radical (unpaired) electrons. The van der Waals surface area contributed by atoms with Gasteiger partial charge in [-0.05, 0) is 30.3 Å². The van der Waals surface area contributed by atoms with Crippen LogP contribution in [0.4, 0.5) is 30.2 Å². The maximum absolute atomic E-state index is 12.6. The lowest BCUT2D eigenvalue weighted by molar-refractivity contribution is -0.137. The summed E-state index contributed by atoms with van der Waals surface area (Å²) in [6, 6.07) is 7.39. The molecule has 0 aliphatic carbocycles. The van der Waals surface area contributed by atoms with Crippen LogP contribution in [0, 0.1) is 0 Å². The Bertz CT molecular complexity index is 743. The third-order valence-electron chi connectivity index (χ3n) is 3.01. The summed E-state index contributed by atoms with van der Waals surface area (Å²) in [6.45, 7) is -0.235. The molecule has 2 rings (SSSR count). The van der Waals surface area contributed by atoms with Crippen molar-refractivity contribution in [1.29, 1.82) is 0 Å². The first-order chi connectivity index (χ1) is 11.2. The van der Waals surface area contributed by atoms with Crippen molar-refractivity contribution in [2.24, 2.45) is 0 Å². The van der Waals surface area contributed by atoms with Crippen LogP contribution in [0.3, 0.4) is 0 Å². The van der Waals surface area contributed by atoms with Crippen LogP contribution < -0.4 is 16.4 Å². The molecule has 0 heterocycles. The maximum Gasteiger partial charge on any atom is 0.416 e. The predicted octanol–water partition coefficient (Wildman–Crippen LogP) is 4.65. The number of anilines is 3. The molecule has 24 heavy (non-hydrogen) atoms. The number of nitrogens with one attached hydrogen (secondary N) is 2. The van der Waals surface area contributed by atoms with Crippen molar-refractivity contribution in [3.63, 3.8) is 0 Å². The van der Waals surface area contributed by atoms with Gasteiger partial charge in [-0.25, -0.2) is 0 Å². The highest BCUT2D eigenvalue weighted by atomic mass is 35.5. The second-order valence-electron chi connectivity index (χ2n) is 4.83. The second kappa shape index (κ2) is 7.19. The lowest BCUT2D eigenvalue weighted by Crippen LogP contribution is -2.22. The number of hydrogen-bond acceptors (Lipinski definition) is 3. The molecule has 0 bridgehead atoms. The van der Waals surface area contributed by atoms with Crippen molar-refractivity contribution in [2.75, 3.05) is 22.9 Å². The van der Waals surface area contributed by atoms with Crippen LogP contribution >= 0.6 is 23.2 Å². The first kappa shape index (κ1) is 18.2. The fourth-order valence-corrected chi connectivity index (χ4v) is 2.34. The summed E-state index contributed by atoms with van der Waals surface area (Å²) in [5.74, 6) is -0.482. The molecule has 0 saturated carbocycles. The number of amides is 1. The van der Waals surface area contributed by atoms with Crippen LogP contribution in [0.5, 0.6) is 0 Å². The van der Waals surface area contributed by atoms with Crippen molar-refractivity contribution in [3.8, 4) is 0 Å². The van der Waals surface area contributed by atoms with E-state index >= 15 is 0 Å². The normalized spacial score (nSPS) is 11.2. The Morgan fingerprint density at radius 2 is 1.71 bits per heavy atom. The molecule has 0 unspecified atom stereocenters. The summed E-state index contributed by atoms with van der Waals surface area (Å²) < 4.78 is 37.9. The van der Waals surface area contributed by atoms with Gasteiger partial charge in [0, 0.05) is 11.4 Å². The number of benzene rings is 2. The van der Waals surface area contributed by atoms with Crippen LogP contribution in [-0.4, -0.2) is 12.5 Å². The standard InChI is InChI=1S/C15H12Cl2F3N3O/c16-11-5-10(6-12(17)14(11)21)23-13(24)7-22-9-3-1-2-8(4-9)15(18,19)20/h1-6,22H,7,21H2,(H,23,24). The zero-order valence-corrected chi connectivity index (χ0v) is 13.6. The number of nitrogen functional groups attached to an aromatic ring is 1. The molecule has 0 saturated heterocycles. The van der Waals surface area contributed by atoms with Crippen LogP contribution in [0.25, 0.3) is 0 Å². The van der Waals surface area contributed by atoms with E-state index in [2.05, 4.69) is 10.6 Å². The number of halogens is 5. The average molecular weight is 378 g/mol. The molecule has 4 nitrogen and oxygen atoms in total. The molecule has 128 valence electrons. The lowest BCUT2D eigenvalue weighted by Gasteiger charge is -2.11. The van der Waals surface area contributed by atoms with E-state index < -0.39 is 17.6 Å². The maximum atomic E-state index is 12.6. The SMILES string of the molecule is Nc1c(Cl)cc(NC(=O)CNc2cccc(C(F)(F)F)c2)cc1Cl. The molecule has 0 aliphatic heterocycles. The number of nitrogens with two attached hydrogens (primary N) is 1. The molecule has 9 heteroatoms. The van der Waals surface area contributed by atoms with E-state index in [9.17, 15) is 18.0 Å². The quantitative estimate of drug-likeness (QED) is 0.679. The molecular weight excluding hydrogens is 366 g/mol. The summed E-state index contributed by atoms with van der Waals surface area (Å²) in [4.78, 5) is 11.9. The Kier molecular flexibility index (Phi) is 5.46. The monoisotopic (exact) mass is 377 g/mol. The van der Waals surface area contributed by atoms with Gasteiger partial charge >= 0.3 is 6.18 Å². The number of alkyl halides is 3. The van der Waals surface area contributed by atoms with Gasteiger partial charge in [-0.3, -0.25) is 4.79 Å². The summed E-state index contributed by atoms with van der Waals surface area (Å²) >= 11 is 11.7. The molecule has 4 N–H and O–H groups in total. The topological polar surface area (TPSA) is 67.1 Å². The second-order valence-corrected chi connectivity index (χ2v) is 5.65. The van der Waals surface area contributed by atoms with Crippen molar-refractivity contribution in [2.45, 2.75) is 6.18 Å². The van der Waals surface area contributed by atoms with E-state index in [1.54, 1.807) is 0 Å². The number of rotatable bonds is 4. The van der Waals surface area contributed by atoms with Crippen molar-refractivity contribution in [1.82, 2.24) is 0 Å². The average Bonchev–Trinajstić information content (AvgIpc) is 2.50. The summed E-state index contributed by atoms with van der Waals surface area (Å²) in [5, 5.41) is 5.50. The van der Waals surface area contributed by atoms with E-state index in [0.717, 1.165) is 12.1 Å². The molecule has 0 aliphatic rings. The van der Waals surface area contributed by atoms with Crippen LogP contribution in [0.1, 0.15) is 5.56 Å². The zero-order chi connectivity index (χ0) is 17.9. The van der Waals surface area contributed by atoms with Gasteiger partial charge < -0.3 is 16.4 Å².